The van der Waals surface area contributed by atoms with Gasteiger partial charge in [0.05, 0.1) is 6.61 Å². The van der Waals surface area contributed by atoms with Gasteiger partial charge in [-0.3, -0.25) is 0 Å². The van der Waals surface area contributed by atoms with Crippen molar-refractivity contribution in [3.05, 3.63) is 23.9 Å². The van der Waals surface area contributed by atoms with E-state index in [0.717, 1.165) is 13.0 Å². The predicted molar refractivity (Wildman–Crippen MR) is 68.2 cm³/mol. The number of nitrogens with one attached hydrogen (secondary N) is 1. The molecule has 4 nitrogen and oxygen atoms in total. The first-order valence-corrected chi connectivity index (χ1v) is 6.26. The standard InChI is InChI=1S/C13H19N3O/c1-2-17-12-8-10-15-13(16-12)14-9-7-11-5-3-4-6-11/h5,8,10H,2-4,6-7,9H2,1H3,(H,14,15,16). The van der Waals surface area contributed by atoms with E-state index in [9.17, 15) is 0 Å². The third kappa shape index (κ3) is 3.73. The molecule has 1 N–H and O–H groups in total. The largest absolute Gasteiger partial charge is 0.478 e. The molecule has 0 radical (unpaired) electrons. The fraction of sp³-hybridized carbons (Fsp3) is 0.538. The first kappa shape index (κ1) is 11.9. The highest BCUT2D eigenvalue weighted by Crippen LogP contribution is 2.20. The fourth-order valence-electron chi connectivity index (χ4n) is 1.95. The van der Waals surface area contributed by atoms with Crippen LogP contribution >= 0.6 is 0 Å². The molecule has 0 amide bonds. The lowest BCUT2D eigenvalue weighted by atomic mass is 10.2. The van der Waals surface area contributed by atoms with Gasteiger partial charge in [-0.1, -0.05) is 11.6 Å². The molecule has 1 aliphatic carbocycles. The van der Waals surface area contributed by atoms with Crippen molar-refractivity contribution in [1.82, 2.24) is 9.97 Å². The Morgan fingerprint density at radius 1 is 1.47 bits per heavy atom. The molecule has 0 aliphatic heterocycles. The summed E-state index contributed by atoms with van der Waals surface area (Å²) >= 11 is 0. The van der Waals surface area contributed by atoms with Crippen LogP contribution < -0.4 is 10.1 Å². The van der Waals surface area contributed by atoms with Crippen LogP contribution in [0.4, 0.5) is 5.95 Å². The van der Waals surface area contributed by atoms with E-state index >= 15 is 0 Å². The zero-order chi connectivity index (χ0) is 11.9. The average Bonchev–Trinajstić information content (AvgIpc) is 2.83. The molecule has 1 heterocycles. The molecule has 1 aromatic rings. The number of hydrogen-bond acceptors (Lipinski definition) is 4. The van der Waals surface area contributed by atoms with Crippen molar-refractivity contribution in [2.75, 3.05) is 18.5 Å². The minimum absolute atomic E-state index is 0.628. The van der Waals surface area contributed by atoms with Crippen molar-refractivity contribution >= 4 is 5.95 Å². The van der Waals surface area contributed by atoms with Crippen molar-refractivity contribution in [2.45, 2.75) is 32.6 Å². The number of aromatic nitrogens is 2. The Bertz CT molecular complexity index is 390. The topological polar surface area (TPSA) is 47.0 Å². The molecule has 0 bridgehead atoms. The Labute approximate surface area is 102 Å². The third-order valence-electron chi connectivity index (χ3n) is 2.79. The predicted octanol–water partition coefficient (Wildman–Crippen LogP) is 2.79. The summed E-state index contributed by atoms with van der Waals surface area (Å²) < 4.78 is 5.32. The minimum Gasteiger partial charge on any atom is -0.478 e. The van der Waals surface area contributed by atoms with E-state index in [2.05, 4.69) is 21.4 Å². The monoisotopic (exact) mass is 233 g/mol. The summed E-state index contributed by atoms with van der Waals surface area (Å²) in [5.41, 5.74) is 1.55. The molecule has 0 unspecified atom stereocenters. The van der Waals surface area contributed by atoms with Crippen LogP contribution in [0.2, 0.25) is 0 Å². The summed E-state index contributed by atoms with van der Waals surface area (Å²) in [6.07, 6.45) is 8.95. The first-order chi connectivity index (χ1) is 8.38. The maximum atomic E-state index is 5.32. The smallest absolute Gasteiger partial charge is 0.225 e. The van der Waals surface area contributed by atoms with Crippen LogP contribution in [0.25, 0.3) is 0 Å². The Morgan fingerprint density at radius 2 is 2.41 bits per heavy atom. The number of nitrogens with zero attached hydrogens (tertiary/aromatic N) is 2. The van der Waals surface area contributed by atoms with E-state index in [1.807, 2.05) is 6.92 Å². The number of allylic oxidation sites excluding steroid dienone is 1. The Morgan fingerprint density at radius 3 is 3.18 bits per heavy atom. The van der Waals surface area contributed by atoms with Gasteiger partial charge in [0.25, 0.3) is 0 Å². The molecule has 0 aromatic carbocycles. The second kappa shape index (κ2) is 6.23. The SMILES string of the molecule is CCOc1ccnc(NCCC2=CCCC2)n1. The van der Waals surface area contributed by atoms with Gasteiger partial charge in [0.2, 0.25) is 11.8 Å². The maximum absolute atomic E-state index is 5.32. The van der Waals surface area contributed by atoms with Crippen LogP contribution in [0.1, 0.15) is 32.6 Å². The van der Waals surface area contributed by atoms with Crippen molar-refractivity contribution in [1.29, 1.82) is 0 Å². The molecule has 2 rings (SSSR count). The van der Waals surface area contributed by atoms with Crippen molar-refractivity contribution in [3.63, 3.8) is 0 Å². The average molecular weight is 233 g/mol. The van der Waals surface area contributed by atoms with Gasteiger partial charge in [0.15, 0.2) is 0 Å². The first-order valence-electron chi connectivity index (χ1n) is 6.26. The zero-order valence-corrected chi connectivity index (χ0v) is 10.3. The van der Waals surface area contributed by atoms with Gasteiger partial charge in [-0.15, -0.1) is 0 Å². The highest BCUT2D eigenvalue weighted by Gasteiger charge is 2.04. The lowest BCUT2D eigenvalue weighted by Crippen LogP contribution is -2.06. The molecule has 0 saturated heterocycles. The molecule has 92 valence electrons. The van der Waals surface area contributed by atoms with E-state index < -0.39 is 0 Å². The highest BCUT2D eigenvalue weighted by molar-refractivity contribution is 5.27. The van der Waals surface area contributed by atoms with Crippen LogP contribution in [0.5, 0.6) is 5.88 Å². The van der Waals surface area contributed by atoms with Crippen molar-refractivity contribution in [2.24, 2.45) is 0 Å². The van der Waals surface area contributed by atoms with Crippen molar-refractivity contribution < 1.29 is 4.74 Å². The normalized spacial score (nSPS) is 14.5. The molecule has 17 heavy (non-hydrogen) atoms. The molecular weight excluding hydrogens is 214 g/mol. The lowest BCUT2D eigenvalue weighted by molar-refractivity contribution is 0.326. The third-order valence-corrected chi connectivity index (χ3v) is 2.79. The van der Waals surface area contributed by atoms with Gasteiger partial charge in [-0.05, 0) is 32.6 Å². The second-order valence-corrected chi connectivity index (χ2v) is 4.08. The van der Waals surface area contributed by atoms with Crippen molar-refractivity contribution in [3.8, 4) is 5.88 Å². The van der Waals surface area contributed by atoms with Gasteiger partial charge in [-0.2, -0.15) is 4.98 Å². The number of rotatable bonds is 6. The summed E-state index contributed by atoms with van der Waals surface area (Å²) in [6, 6.07) is 1.77. The Kier molecular flexibility index (Phi) is 4.36. The van der Waals surface area contributed by atoms with Gasteiger partial charge in [-0.25, -0.2) is 4.98 Å². The van der Waals surface area contributed by atoms with Crippen LogP contribution in [-0.2, 0) is 0 Å². The molecule has 1 aromatic heterocycles. The minimum atomic E-state index is 0.628. The maximum Gasteiger partial charge on any atom is 0.225 e. The van der Waals surface area contributed by atoms with E-state index in [1.165, 1.54) is 19.3 Å². The van der Waals surface area contributed by atoms with E-state index in [1.54, 1.807) is 17.8 Å². The lowest BCUT2D eigenvalue weighted by Gasteiger charge is -2.07. The molecule has 0 fully saturated rings. The van der Waals surface area contributed by atoms with Gasteiger partial charge >= 0.3 is 0 Å². The van der Waals surface area contributed by atoms with Gasteiger partial charge in [0.1, 0.15) is 0 Å². The van der Waals surface area contributed by atoms with Gasteiger partial charge < -0.3 is 10.1 Å². The van der Waals surface area contributed by atoms with E-state index in [4.69, 9.17) is 4.74 Å². The Hall–Kier alpha value is -1.58. The molecule has 4 heteroatoms. The van der Waals surface area contributed by atoms with Crippen LogP contribution in [-0.4, -0.2) is 23.1 Å². The number of hydrogen-bond donors (Lipinski definition) is 1. The molecular formula is C13H19N3O. The molecule has 0 saturated carbocycles. The molecule has 1 aliphatic rings. The second-order valence-electron chi connectivity index (χ2n) is 4.08. The Balaban J connectivity index is 1.79. The summed E-state index contributed by atoms with van der Waals surface area (Å²) in [5, 5.41) is 3.23. The van der Waals surface area contributed by atoms with Crippen LogP contribution in [0, 0.1) is 0 Å². The fourth-order valence-corrected chi connectivity index (χ4v) is 1.95. The molecule has 0 spiro atoms. The van der Waals surface area contributed by atoms with Crippen LogP contribution in [0.15, 0.2) is 23.9 Å². The van der Waals surface area contributed by atoms with E-state index in [0.29, 0.717) is 18.4 Å². The number of ether oxygens (including phenoxy) is 1. The summed E-state index contributed by atoms with van der Waals surface area (Å²) in [7, 11) is 0. The number of anilines is 1. The van der Waals surface area contributed by atoms with E-state index in [-0.39, 0.29) is 0 Å². The summed E-state index contributed by atoms with van der Waals surface area (Å²) in [5.74, 6) is 1.28. The highest BCUT2D eigenvalue weighted by atomic mass is 16.5. The van der Waals surface area contributed by atoms with Crippen LogP contribution in [0.3, 0.4) is 0 Å². The quantitative estimate of drug-likeness (QED) is 0.767. The van der Waals surface area contributed by atoms with Gasteiger partial charge in [0, 0.05) is 18.8 Å². The molecule has 0 atom stereocenters. The summed E-state index contributed by atoms with van der Waals surface area (Å²) in [4.78, 5) is 8.43. The summed E-state index contributed by atoms with van der Waals surface area (Å²) in [6.45, 7) is 3.46. The zero-order valence-electron chi connectivity index (χ0n) is 10.3.